The Balaban J connectivity index is 3.00. The predicted octanol–water partition coefficient (Wildman–Crippen LogP) is 2.66. The molecule has 0 atom stereocenters. The minimum atomic E-state index is -1.15. The molecule has 2 N–H and O–H groups in total. The second-order valence-corrected chi connectivity index (χ2v) is 6.87. The number of rotatable bonds is 4. The van der Waals surface area contributed by atoms with Gasteiger partial charge in [0.2, 0.25) is 0 Å². The number of hydrogen-bond acceptors (Lipinski definition) is 3. The third-order valence-electron chi connectivity index (χ3n) is 3.40. The molecule has 0 radical (unpaired) electrons. The lowest BCUT2D eigenvalue weighted by molar-refractivity contribution is -0.0982. The van der Waals surface area contributed by atoms with Gasteiger partial charge < -0.3 is 14.8 Å². The van der Waals surface area contributed by atoms with E-state index in [9.17, 15) is 10.1 Å². The van der Waals surface area contributed by atoms with Crippen molar-refractivity contribution in [2.45, 2.75) is 45.8 Å². The zero-order valence-electron chi connectivity index (χ0n) is 11.8. The smallest absolute Gasteiger partial charge is 0.423 e. The van der Waals surface area contributed by atoms with E-state index in [0.717, 1.165) is 10.0 Å². The zero-order valence-corrected chi connectivity index (χ0v) is 14.1. The Bertz CT molecular complexity index is 448. The van der Waals surface area contributed by atoms with Crippen molar-refractivity contribution in [3.05, 3.63) is 27.2 Å². The lowest BCUT2D eigenvalue weighted by Gasteiger charge is -2.38. The zero-order chi connectivity index (χ0) is 15.0. The van der Waals surface area contributed by atoms with Crippen molar-refractivity contribution in [1.82, 2.24) is 0 Å². The van der Waals surface area contributed by atoms with Crippen LogP contribution in [0.15, 0.2) is 16.6 Å². The summed E-state index contributed by atoms with van der Waals surface area (Å²) in [4.78, 5) is 0. The summed E-state index contributed by atoms with van der Waals surface area (Å²) in [5, 5.41) is 20.7. The van der Waals surface area contributed by atoms with Crippen LogP contribution >= 0.6 is 27.5 Å². The summed E-state index contributed by atoms with van der Waals surface area (Å²) in [5.74, 6) is 0. The van der Waals surface area contributed by atoms with Crippen LogP contribution in [0.4, 0.5) is 0 Å². The van der Waals surface area contributed by atoms with E-state index in [2.05, 4.69) is 15.9 Å². The number of aliphatic hydroxyl groups is 1. The molecule has 1 aromatic rings. The quantitative estimate of drug-likeness (QED) is 0.822. The summed E-state index contributed by atoms with van der Waals surface area (Å²) in [6.45, 7) is 8.61. The molecule has 0 aliphatic rings. The lowest BCUT2D eigenvalue weighted by atomic mass is 9.76. The fourth-order valence-electron chi connectivity index (χ4n) is 1.39. The van der Waals surface area contributed by atoms with Gasteiger partial charge in [-0.25, -0.2) is 0 Å². The van der Waals surface area contributed by atoms with E-state index >= 15 is 0 Å². The van der Waals surface area contributed by atoms with E-state index in [1.165, 1.54) is 0 Å². The SMILES string of the molecule is Cc1cc(B(O)OC(C)(C)C(C)(C)O)cc(Cl)c1Br. The summed E-state index contributed by atoms with van der Waals surface area (Å²) in [6, 6.07) is 3.44. The Morgan fingerprint density at radius 3 is 2.21 bits per heavy atom. The molecule has 0 aliphatic heterocycles. The number of hydrogen-bond donors (Lipinski definition) is 2. The second-order valence-electron chi connectivity index (χ2n) is 5.67. The Morgan fingerprint density at radius 1 is 1.26 bits per heavy atom. The van der Waals surface area contributed by atoms with Crippen molar-refractivity contribution in [2.75, 3.05) is 0 Å². The molecule has 6 heteroatoms. The third-order valence-corrected chi connectivity index (χ3v) is 4.98. The summed E-state index contributed by atoms with van der Waals surface area (Å²) in [6.07, 6.45) is 0. The second kappa shape index (κ2) is 5.74. The topological polar surface area (TPSA) is 49.7 Å². The maximum atomic E-state index is 10.2. The highest BCUT2D eigenvalue weighted by Gasteiger charge is 2.39. The van der Waals surface area contributed by atoms with Crippen LogP contribution in [0.25, 0.3) is 0 Å². The lowest BCUT2D eigenvalue weighted by Crippen LogP contribution is -2.53. The van der Waals surface area contributed by atoms with Gasteiger partial charge in [0.15, 0.2) is 0 Å². The van der Waals surface area contributed by atoms with Crippen LogP contribution in [-0.2, 0) is 4.65 Å². The molecule has 0 fully saturated rings. The molecule has 1 aromatic carbocycles. The van der Waals surface area contributed by atoms with Gasteiger partial charge >= 0.3 is 7.12 Å². The van der Waals surface area contributed by atoms with E-state index < -0.39 is 18.3 Å². The average Bonchev–Trinajstić information content (AvgIpc) is 2.22. The van der Waals surface area contributed by atoms with Gasteiger partial charge in [-0.15, -0.1) is 0 Å². The maximum absolute atomic E-state index is 10.2. The first kappa shape index (κ1) is 17.0. The van der Waals surface area contributed by atoms with Crippen molar-refractivity contribution < 1.29 is 14.8 Å². The summed E-state index contributed by atoms with van der Waals surface area (Å²) < 4.78 is 6.37. The van der Waals surface area contributed by atoms with Gasteiger partial charge in [-0.2, -0.15) is 0 Å². The van der Waals surface area contributed by atoms with Gasteiger partial charge in [0.05, 0.1) is 16.2 Å². The van der Waals surface area contributed by atoms with Gasteiger partial charge in [0.1, 0.15) is 0 Å². The number of benzene rings is 1. The normalized spacial score (nSPS) is 12.7. The highest BCUT2D eigenvalue weighted by Crippen LogP contribution is 2.27. The summed E-state index contributed by atoms with van der Waals surface area (Å²) in [5.41, 5.74) is -0.517. The fourth-order valence-corrected chi connectivity index (χ4v) is 1.89. The molecule has 0 bridgehead atoms. The monoisotopic (exact) mass is 348 g/mol. The summed E-state index contributed by atoms with van der Waals surface area (Å²) >= 11 is 9.42. The molecule has 19 heavy (non-hydrogen) atoms. The molecule has 0 unspecified atom stereocenters. The summed E-state index contributed by atoms with van der Waals surface area (Å²) in [7, 11) is -1.15. The molecule has 0 aromatic heterocycles. The molecule has 0 saturated heterocycles. The van der Waals surface area contributed by atoms with E-state index in [0.29, 0.717) is 10.5 Å². The van der Waals surface area contributed by atoms with Crippen molar-refractivity contribution in [3.8, 4) is 0 Å². The predicted molar refractivity (Wildman–Crippen MR) is 83.0 cm³/mol. The van der Waals surface area contributed by atoms with Crippen molar-refractivity contribution >= 4 is 40.1 Å². The first-order valence-electron chi connectivity index (χ1n) is 5.99. The van der Waals surface area contributed by atoms with Crippen LogP contribution in [0.2, 0.25) is 5.02 Å². The minimum absolute atomic E-state index is 0.513. The number of halogens is 2. The molecule has 0 spiro atoms. The van der Waals surface area contributed by atoms with Gasteiger partial charge in [0, 0.05) is 4.47 Å². The van der Waals surface area contributed by atoms with Crippen LogP contribution in [0.3, 0.4) is 0 Å². The highest BCUT2D eigenvalue weighted by atomic mass is 79.9. The first-order chi connectivity index (χ1) is 8.45. The molecule has 106 valence electrons. The van der Waals surface area contributed by atoms with Crippen molar-refractivity contribution in [1.29, 1.82) is 0 Å². The Morgan fingerprint density at radius 2 is 1.79 bits per heavy atom. The van der Waals surface area contributed by atoms with Crippen molar-refractivity contribution in [2.24, 2.45) is 0 Å². The van der Waals surface area contributed by atoms with Crippen LogP contribution in [0.1, 0.15) is 33.3 Å². The minimum Gasteiger partial charge on any atom is -0.423 e. The molecule has 3 nitrogen and oxygen atoms in total. The maximum Gasteiger partial charge on any atom is 0.491 e. The Hall–Kier alpha value is -0.0651. The fraction of sp³-hybridized carbons (Fsp3) is 0.538. The third kappa shape index (κ3) is 3.95. The van der Waals surface area contributed by atoms with E-state index in [1.807, 2.05) is 6.92 Å². The van der Waals surface area contributed by atoms with Crippen LogP contribution < -0.4 is 5.46 Å². The van der Waals surface area contributed by atoms with Gasteiger partial charge in [-0.05, 0) is 67.6 Å². The highest BCUT2D eigenvalue weighted by molar-refractivity contribution is 9.10. The van der Waals surface area contributed by atoms with E-state index in [4.69, 9.17) is 16.3 Å². The van der Waals surface area contributed by atoms with Crippen LogP contribution in [0, 0.1) is 6.92 Å². The molecule has 0 heterocycles. The van der Waals surface area contributed by atoms with Gasteiger partial charge in [-0.3, -0.25) is 0 Å². The molecule has 1 rings (SSSR count). The Kier molecular flexibility index (Phi) is 5.13. The molecular weight excluding hydrogens is 330 g/mol. The molecule has 0 saturated carbocycles. The first-order valence-corrected chi connectivity index (χ1v) is 7.16. The molecular formula is C13H19BBrClO3. The average molecular weight is 349 g/mol. The standard InChI is InChI=1S/C13H19BBrClO3/c1-8-6-9(7-10(16)11(8)15)14(18)19-13(4,5)12(2,3)17/h6-7,17-18H,1-5H3. The van der Waals surface area contributed by atoms with E-state index in [1.54, 1.807) is 39.8 Å². The Labute approximate surface area is 128 Å². The molecule has 0 amide bonds. The van der Waals surface area contributed by atoms with Crippen LogP contribution in [-0.4, -0.2) is 28.5 Å². The molecule has 0 aliphatic carbocycles. The van der Waals surface area contributed by atoms with Gasteiger partial charge in [0.25, 0.3) is 0 Å². The van der Waals surface area contributed by atoms with Crippen LogP contribution in [0.5, 0.6) is 0 Å². The van der Waals surface area contributed by atoms with E-state index in [-0.39, 0.29) is 0 Å². The largest absolute Gasteiger partial charge is 0.491 e. The number of aryl methyl sites for hydroxylation is 1. The van der Waals surface area contributed by atoms with Gasteiger partial charge in [-0.1, -0.05) is 17.7 Å². The van der Waals surface area contributed by atoms with Crippen molar-refractivity contribution in [3.63, 3.8) is 0 Å².